The quantitative estimate of drug-likeness (QED) is 0.571. The van der Waals surface area contributed by atoms with Crippen molar-refractivity contribution in [1.82, 2.24) is 15.3 Å². The number of hydrogen-bond donors (Lipinski definition) is 4. The second-order valence-electron chi connectivity index (χ2n) is 4.93. The highest BCUT2D eigenvalue weighted by Crippen LogP contribution is 2.21. The Kier molecular flexibility index (Phi) is 6.30. The summed E-state index contributed by atoms with van der Waals surface area (Å²) in [6.45, 7) is -0.139. The van der Waals surface area contributed by atoms with E-state index in [1.807, 2.05) is 30.3 Å². The number of amides is 1. The van der Waals surface area contributed by atoms with Crippen molar-refractivity contribution in [3.05, 3.63) is 52.9 Å². The van der Waals surface area contributed by atoms with Crippen molar-refractivity contribution in [3.63, 3.8) is 0 Å². The minimum atomic E-state index is -1.38. The zero-order valence-electron chi connectivity index (χ0n) is 12.6. The van der Waals surface area contributed by atoms with Crippen molar-refractivity contribution in [2.24, 2.45) is 0 Å². The number of hydrogen-bond acceptors (Lipinski definition) is 7. The third-order valence-electron chi connectivity index (χ3n) is 3.17. The van der Waals surface area contributed by atoms with E-state index in [1.54, 1.807) is 0 Å². The van der Waals surface area contributed by atoms with E-state index in [9.17, 15) is 15.0 Å². The number of aliphatic hydroxyl groups is 2. The summed E-state index contributed by atoms with van der Waals surface area (Å²) in [5.41, 5.74) is 6.56. The first-order chi connectivity index (χ1) is 11.5. The summed E-state index contributed by atoms with van der Waals surface area (Å²) in [5.74, 6) is -0.0480. The molecule has 0 fully saturated rings. The van der Waals surface area contributed by atoms with Gasteiger partial charge in [0, 0.05) is 18.3 Å². The highest BCUT2D eigenvalue weighted by Gasteiger charge is 2.22. The van der Waals surface area contributed by atoms with Crippen LogP contribution < -0.4 is 11.1 Å². The topological polar surface area (TPSA) is 131 Å². The first-order valence-electron chi connectivity index (χ1n) is 7.06. The van der Waals surface area contributed by atoms with Crippen LogP contribution in [0.1, 0.15) is 17.2 Å². The minimum absolute atomic E-state index is 0.0480. The normalized spacial score (nSPS) is 13.1. The van der Waals surface area contributed by atoms with Crippen molar-refractivity contribution < 1.29 is 19.7 Å². The minimum Gasteiger partial charge on any atom is -0.445 e. The number of nitrogen functional groups attached to an aromatic ring is 1. The average molecular weight is 353 g/mol. The molecule has 2 aromatic rings. The van der Waals surface area contributed by atoms with E-state index in [2.05, 4.69) is 15.3 Å². The molecule has 2 atom stereocenters. The van der Waals surface area contributed by atoms with Gasteiger partial charge >= 0.3 is 6.09 Å². The number of nitrogens with zero attached hydrogens (tertiary/aromatic N) is 2. The molecule has 9 heteroatoms. The molecule has 0 aliphatic rings. The molecule has 8 nitrogen and oxygen atoms in total. The zero-order valence-corrected chi connectivity index (χ0v) is 13.3. The fraction of sp³-hybridized carbons (Fsp3) is 0.267. The lowest BCUT2D eigenvalue weighted by atomic mass is 10.1. The fourth-order valence-electron chi connectivity index (χ4n) is 1.89. The smallest absolute Gasteiger partial charge is 0.407 e. The average Bonchev–Trinajstić information content (AvgIpc) is 2.58. The zero-order chi connectivity index (χ0) is 17.5. The van der Waals surface area contributed by atoms with Crippen LogP contribution in [0.25, 0.3) is 0 Å². The molecule has 0 radical (unpaired) electrons. The van der Waals surface area contributed by atoms with Crippen molar-refractivity contribution >= 4 is 23.5 Å². The van der Waals surface area contributed by atoms with Crippen LogP contribution in [-0.2, 0) is 11.3 Å². The number of carbonyl (C=O) groups excluding carboxylic acids is 1. The molecule has 0 aliphatic heterocycles. The summed E-state index contributed by atoms with van der Waals surface area (Å²) in [6, 6.07) is 9.14. The van der Waals surface area contributed by atoms with E-state index >= 15 is 0 Å². The number of rotatable bonds is 6. The summed E-state index contributed by atoms with van der Waals surface area (Å²) in [4.78, 5) is 19.0. The number of anilines is 1. The van der Waals surface area contributed by atoms with Gasteiger partial charge in [0.05, 0.1) is 0 Å². The summed E-state index contributed by atoms with van der Waals surface area (Å²) < 4.78 is 4.99. The van der Waals surface area contributed by atoms with Crippen LogP contribution in [0.4, 0.5) is 10.6 Å². The predicted molar refractivity (Wildman–Crippen MR) is 87.1 cm³/mol. The summed E-state index contributed by atoms with van der Waals surface area (Å²) in [5, 5.41) is 22.3. The molecule has 2 unspecified atom stereocenters. The fourth-order valence-corrected chi connectivity index (χ4v) is 2.03. The standard InChI is InChI=1S/C15H17ClN4O4/c16-14-18-6-10(13(17)20-14)12(22)11(21)7-19-15(23)24-8-9-4-2-1-3-5-9/h1-6,11-12,21-22H,7-8H2,(H,19,23)(H2,17,18,20). The maximum absolute atomic E-state index is 11.6. The molecule has 128 valence electrons. The van der Waals surface area contributed by atoms with Gasteiger partial charge < -0.3 is 26.0 Å². The SMILES string of the molecule is Nc1nc(Cl)ncc1C(O)C(O)CNC(=O)OCc1ccccc1. The molecule has 1 aromatic carbocycles. The monoisotopic (exact) mass is 352 g/mol. The number of nitrogens with one attached hydrogen (secondary N) is 1. The third-order valence-corrected chi connectivity index (χ3v) is 3.35. The highest BCUT2D eigenvalue weighted by atomic mass is 35.5. The van der Waals surface area contributed by atoms with Crippen molar-refractivity contribution in [3.8, 4) is 0 Å². The van der Waals surface area contributed by atoms with Crippen LogP contribution in [0.3, 0.4) is 0 Å². The molecule has 5 N–H and O–H groups in total. The van der Waals surface area contributed by atoms with Crippen molar-refractivity contribution in [1.29, 1.82) is 0 Å². The molecule has 1 heterocycles. The van der Waals surface area contributed by atoms with E-state index in [-0.39, 0.29) is 29.8 Å². The third kappa shape index (κ3) is 5.05. The number of carbonyl (C=O) groups is 1. The Morgan fingerprint density at radius 1 is 1.33 bits per heavy atom. The molecule has 1 amide bonds. The van der Waals surface area contributed by atoms with Gasteiger partial charge in [0.1, 0.15) is 24.6 Å². The van der Waals surface area contributed by atoms with Gasteiger partial charge in [0.25, 0.3) is 0 Å². The Morgan fingerprint density at radius 2 is 2.04 bits per heavy atom. The maximum Gasteiger partial charge on any atom is 0.407 e. The summed E-state index contributed by atoms with van der Waals surface area (Å²) in [6.07, 6.45) is -2.20. The number of halogens is 1. The van der Waals surface area contributed by atoms with Gasteiger partial charge in [-0.05, 0) is 17.2 Å². The van der Waals surface area contributed by atoms with E-state index in [1.165, 1.54) is 6.20 Å². The first-order valence-corrected chi connectivity index (χ1v) is 7.43. The number of nitrogens with two attached hydrogens (primary N) is 1. The molecule has 24 heavy (non-hydrogen) atoms. The molecule has 2 rings (SSSR count). The molecule has 0 saturated heterocycles. The van der Waals surface area contributed by atoms with Gasteiger partial charge in [0.15, 0.2) is 0 Å². The van der Waals surface area contributed by atoms with Gasteiger partial charge in [-0.25, -0.2) is 14.8 Å². The lowest BCUT2D eigenvalue weighted by molar-refractivity contribution is 0.0185. The van der Waals surface area contributed by atoms with Gasteiger partial charge in [0.2, 0.25) is 5.28 Å². The number of ether oxygens (including phenoxy) is 1. The number of alkyl carbamates (subject to hydrolysis) is 1. The molecule has 0 spiro atoms. The van der Waals surface area contributed by atoms with E-state index in [0.717, 1.165) is 5.56 Å². The van der Waals surface area contributed by atoms with Crippen LogP contribution in [-0.4, -0.2) is 38.9 Å². The lowest BCUT2D eigenvalue weighted by Gasteiger charge is -2.19. The van der Waals surface area contributed by atoms with Gasteiger partial charge in [-0.1, -0.05) is 30.3 Å². The summed E-state index contributed by atoms with van der Waals surface area (Å²) >= 11 is 5.57. The molecule has 0 saturated carbocycles. The molecule has 0 bridgehead atoms. The van der Waals surface area contributed by atoms with Crippen LogP contribution in [0.2, 0.25) is 5.28 Å². The maximum atomic E-state index is 11.6. The van der Waals surface area contributed by atoms with Gasteiger partial charge in [-0.3, -0.25) is 0 Å². The predicted octanol–water partition coefficient (Wildman–Crippen LogP) is 1.03. The Bertz CT molecular complexity index is 686. The Labute approximate surface area is 143 Å². The van der Waals surface area contributed by atoms with Crippen LogP contribution in [0.5, 0.6) is 0 Å². The van der Waals surface area contributed by atoms with Gasteiger partial charge in [-0.2, -0.15) is 0 Å². The van der Waals surface area contributed by atoms with Crippen molar-refractivity contribution in [2.75, 3.05) is 12.3 Å². The Balaban J connectivity index is 1.81. The van der Waals surface area contributed by atoms with Crippen molar-refractivity contribution in [2.45, 2.75) is 18.8 Å². The Morgan fingerprint density at radius 3 is 2.71 bits per heavy atom. The second kappa shape index (κ2) is 8.44. The van der Waals surface area contributed by atoms with E-state index < -0.39 is 18.3 Å². The largest absolute Gasteiger partial charge is 0.445 e. The number of aromatic nitrogens is 2. The van der Waals surface area contributed by atoms with Crippen LogP contribution in [0, 0.1) is 0 Å². The molecular weight excluding hydrogens is 336 g/mol. The highest BCUT2D eigenvalue weighted by molar-refractivity contribution is 6.28. The van der Waals surface area contributed by atoms with Crippen LogP contribution in [0.15, 0.2) is 36.5 Å². The second-order valence-corrected chi connectivity index (χ2v) is 5.27. The van der Waals surface area contributed by atoms with Crippen LogP contribution >= 0.6 is 11.6 Å². The number of aliphatic hydroxyl groups excluding tert-OH is 2. The Hall–Kier alpha value is -2.42. The summed E-state index contributed by atoms with van der Waals surface area (Å²) in [7, 11) is 0. The molecule has 0 aliphatic carbocycles. The lowest BCUT2D eigenvalue weighted by Crippen LogP contribution is -2.36. The molecular formula is C15H17ClN4O4. The molecule has 1 aromatic heterocycles. The van der Waals surface area contributed by atoms with E-state index in [0.29, 0.717) is 0 Å². The van der Waals surface area contributed by atoms with Gasteiger partial charge in [-0.15, -0.1) is 0 Å². The van der Waals surface area contributed by atoms with E-state index in [4.69, 9.17) is 22.1 Å². The number of benzene rings is 1. The first kappa shape index (κ1) is 17.9.